The van der Waals surface area contributed by atoms with Gasteiger partial charge in [-0.05, 0) is 19.1 Å². The van der Waals surface area contributed by atoms with Crippen LogP contribution in [0.4, 0.5) is 5.82 Å². The number of hydrogen-bond acceptors (Lipinski definition) is 5. The van der Waals surface area contributed by atoms with Gasteiger partial charge in [0.25, 0.3) is 0 Å². The van der Waals surface area contributed by atoms with E-state index in [9.17, 15) is 0 Å². The van der Waals surface area contributed by atoms with E-state index >= 15 is 0 Å². The topological polar surface area (TPSA) is 50.3 Å². The average Bonchev–Trinajstić information content (AvgIpc) is 2.38. The number of ether oxygens (including phenoxy) is 1. The van der Waals surface area contributed by atoms with Crippen LogP contribution < -0.4 is 10.2 Å². The van der Waals surface area contributed by atoms with Crippen molar-refractivity contribution in [1.29, 1.82) is 0 Å². The Morgan fingerprint density at radius 3 is 2.94 bits per heavy atom. The molecular formula is C13H22N4O. The van der Waals surface area contributed by atoms with E-state index in [1.54, 1.807) is 0 Å². The van der Waals surface area contributed by atoms with Crippen molar-refractivity contribution in [3.63, 3.8) is 0 Å². The third-order valence-corrected chi connectivity index (χ3v) is 3.07. The van der Waals surface area contributed by atoms with Gasteiger partial charge in [-0.2, -0.15) is 5.10 Å². The molecule has 100 valence electrons. The number of aryl methyl sites for hydroxylation is 1. The number of rotatable bonds is 4. The zero-order valence-corrected chi connectivity index (χ0v) is 11.4. The van der Waals surface area contributed by atoms with Gasteiger partial charge >= 0.3 is 0 Å². The molecule has 0 aromatic carbocycles. The van der Waals surface area contributed by atoms with Crippen molar-refractivity contribution in [2.24, 2.45) is 0 Å². The highest BCUT2D eigenvalue weighted by molar-refractivity contribution is 5.39. The van der Waals surface area contributed by atoms with Crippen LogP contribution in [-0.2, 0) is 4.74 Å². The first-order valence-corrected chi connectivity index (χ1v) is 6.55. The van der Waals surface area contributed by atoms with E-state index in [2.05, 4.69) is 34.3 Å². The van der Waals surface area contributed by atoms with E-state index in [-0.39, 0.29) is 0 Å². The molecule has 2 heterocycles. The molecule has 1 aromatic heterocycles. The number of morpholine rings is 1. The highest BCUT2D eigenvalue weighted by Crippen LogP contribution is 2.16. The molecule has 5 heteroatoms. The Labute approximate surface area is 109 Å². The smallest absolute Gasteiger partial charge is 0.151 e. The number of aromatic nitrogens is 2. The Bertz CT molecular complexity index is 366. The monoisotopic (exact) mass is 250 g/mol. The van der Waals surface area contributed by atoms with Crippen LogP contribution in [0.15, 0.2) is 12.1 Å². The fraction of sp³-hybridized carbons (Fsp3) is 0.692. The quantitative estimate of drug-likeness (QED) is 0.863. The van der Waals surface area contributed by atoms with E-state index < -0.39 is 0 Å². The van der Waals surface area contributed by atoms with Crippen LogP contribution in [0.1, 0.15) is 19.5 Å². The van der Waals surface area contributed by atoms with Gasteiger partial charge in [0.1, 0.15) is 0 Å². The van der Waals surface area contributed by atoms with Crippen LogP contribution in [-0.4, -0.2) is 48.6 Å². The molecule has 1 aliphatic rings. The average molecular weight is 250 g/mol. The SMILES string of the molecule is Cc1ccc(N2CCOCC2CNC(C)C)nn1. The van der Waals surface area contributed by atoms with Gasteiger partial charge in [0.2, 0.25) is 0 Å². The molecule has 0 radical (unpaired) electrons. The zero-order valence-electron chi connectivity index (χ0n) is 11.4. The maximum Gasteiger partial charge on any atom is 0.151 e. The Balaban J connectivity index is 2.05. The predicted molar refractivity (Wildman–Crippen MR) is 71.9 cm³/mol. The fourth-order valence-corrected chi connectivity index (χ4v) is 2.04. The lowest BCUT2D eigenvalue weighted by Gasteiger charge is -2.36. The predicted octanol–water partition coefficient (Wildman–Crippen LogP) is 0.988. The normalized spacial score (nSPS) is 20.4. The molecular weight excluding hydrogens is 228 g/mol. The van der Waals surface area contributed by atoms with Crippen LogP contribution in [0.5, 0.6) is 0 Å². The van der Waals surface area contributed by atoms with Crippen LogP contribution in [0.3, 0.4) is 0 Å². The van der Waals surface area contributed by atoms with Gasteiger partial charge in [0, 0.05) is 19.1 Å². The minimum absolute atomic E-state index is 0.332. The highest BCUT2D eigenvalue weighted by atomic mass is 16.5. The summed E-state index contributed by atoms with van der Waals surface area (Å²) in [6.45, 7) is 9.55. The van der Waals surface area contributed by atoms with Crippen LogP contribution in [0.25, 0.3) is 0 Å². The first kappa shape index (κ1) is 13.2. The van der Waals surface area contributed by atoms with Gasteiger partial charge in [0.15, 0.2) is 5.82 Å². The summed E-state index contributed by atoms with van der Waals surface area (Å²) < 4.78 is 5.56. The summed E-state index contributed by atoms with van der Waals surface area (Å²) in [5, 5.41) is 11.9. The van der Waals surface area contributed by atoms with Crippen LogP contribution in [0.2, 0.25) is 0 Å². The standard InChI is InChI=1S/C13H22N4O/c1-10(2)14-8-12-9-18-7-6-17(12)13-5-4-11(3)15-16-13/h4-5,10,12,14H,6-9H2,1-3H3. The first-order valence-electron chi connectivity index (χ1n) is 6.55. The van der Waals surface area contributed by atoms with Crippen molar-refractivity contribution in [2.75, 3.05) is 31.2 Å². The fourth-order valence-electron chi connectivity index (χ4n) is 2.04. The summed E-state index contributed by atoms with van der Waals surface area (Å²) in [5.74, 6) is 0.944. The van der Waals surface area contributed by atoms with Crippen molar-refractivity contribution >= 4 is 5.82 Å². The molecule has 0 aliphatic carbocycles. The minimum Gasteiger partial charge on any atom is -0.377 e. The molecule has 0 spiro atoms. The van der Waals surface area contributed by atoms with Gasteiger partial charge in [-0.1, -0.05) is 13.8 Å². The van der Waals surface area contributed by atoms with Gasteiger partial charge in [-0.3, -0.25) is 0 Å². The molecule has 1 unspecified atom stereocenters. The maximum absolute atomic E-state index is 5.56. The van der Waals surface area contributed by atoms with Gasteiger partial charge in [-0.15, -0.1) is 5.10 Å². The molecule has 1 N–H and O–H groups in total. The number of nitrogens with one attached hydrogen (secondary N) is 1. The summed E-state index contributed by atoms with van der Waals surface area (Å²) in [7, 11) is 0. The van der Waals surface area contributed by atoms with E-state index in [1.807, 2.05) is 19.1 Å². The summed E-state index contributed by atoms with van der Waals surface area (Å²) in [5.41, 5.74) is 0.948. The number of anilines is 1. The Hall–Kier alpha value is -1.20. The van der Waals surface area contributed by atoms with E-state index in [1.165, 1.54) is 0 Å². The van der Waals surface area contributed by atoms with E-state index in [0.717, 1.165) is 37.8 Å². The second kappa shape index (κ2) is 6.11. The van der Waals surface area contributed by atoms with Crippen molar-refractivity contribution in [3.8, 4) is 0 Å². The molecule has 1 saturated heterocycles. The second-order valence-electron chi connectivity index (χ2n) is 5.02. The molecule has 1 fully saturated rings. The Morgan fingerprint density at radius 1 is 1.44 bits per heavy atom. The lowest BCUT2D eigenvalue weighted by molar-refractivity contribution is 0.0927. The maximum atomic E-state index is 5.56. The summed E-state index contributed by atoms with van der Waals surface area (Å²) in [6, 6.07) is 4.86. The number of hydrogen-bond donors (Lipinski definition) is 1. The third kappa shape index (κ3) is 3.40. The summed E-state index contributed by atoms with van der Waals surface area (Å²) in [6.07, 6.45) is 0. The lowest BCUT2D eigenvalue weighted by atomic mass is 10.2. The molecule has 5 nitrogen and oxygen atoms in total. The van der Waals surface area contributed by atoms with Crippen LogP contribution >= 0.6 is 0 Å². The minimum atomic E-state index is 0.332. The Kier molecular flexibility index (Phi) is 4.49. The van der Waals surface area contributed by atoms with Gasteiger partial charge in [0.05, 0.1) is 24.9 Å². The highest BCUT2D eigenvalue weighted by Gasteiger charge is 2.24. The number of nitrogens with zero attached hydrogens (tertiary/aromatic N) is 3. The molecule has 2 rings (SSSR count). The van der Waals surface area contributed by atoms with Crippen molar-refractivity contribution in [1.82, 2.24) is 15.5 Å². The zero-order chi connectivity index (χ0) is 13.0. The van der Waals surface area contributed by atoms with Crippen molar-refractivity contribution in [2.45, 2.75) is 32.9 Å². The van der Waals surface area contributed by atoms with Gasteiger partial charge in [-0.25, -0.2) is 0 Å². The molecule has 1 aliphatic heterocycles. The first-order chi connectivity index (χ1) is 8.66. The molecule has 0 saturated carbocycles. The molecule has 0 amide bonds. The third-order valence-electron chi connectivity index (χ3n) is 3.07. The summed E-state index contributed by atoms with van der Waals surface area (Å²) in [4.78, 5) is 2.28. The van der Waals surface area contributed by atoms with E-state index in [4.69, 9.17) is 4.74 Å². The lowest BCUT2D eigenvalue weighted by Crippen LogP contribution is -2.51. The molecule has 18 heavy (non-hydrogen) atoms. The molecule has 1 aromatic rings. The van der Waals surface area contributed by atoms with E-state index in [0.29, 0.717) is 12.1 Å². The van der Waals surface area contributed by atoms with Crippen molar-refractivity contribution < 1.29 is 4.74 Å². The summed E-state index contributed by atoms with van der Waals surface area (Å²) >= 11 is 0. The largest absolute Gasteiger partial charge is 0.377 e. The Morgan fingerprint density at radius 2 is 2.28 bits per heavy atom. The molecule has 1 atom stereocenters. The second-order valence-corrected chi connectivity index (χ2v) is 5.02. The molecule has 0 bridgehead atoms. The van der Waals surface area contributed by atoms with Gasteiger partial charge < -0.3 is 15.0 Å². The van der Waals surface area contributed by atoms with Crippen molar-refractivity contribution in [3.05, 3.63) is 17.8 Å². The van der Waals surface area contributed by atoms with Crippen LogP contribution in [0, 0.1) is 6.92 Å².